The van der Waals surface area contributed by atoms with Crippen molar-refractivity contribution >= 4 is 11.0 Å². The van der Waals surface area contributed by atoms with Crippen LogP contribution in [0.3, 0.4) is 0 Å². The average molecular weight is 285 g/mol. The van der Waals surface area contributed by atoms with Gasteiger partial charge in [0.25, 0.3) is 0 Å². The third kappa shape index (κ3) is 2.94. The SMILES string of the molecule is NNC(CCc1ccncc1)c1cc2cccc(F)c2o1. The Morgan fingerprint density at radius 1 is 1.24 bits per heavy atom. The van der Waals surface area contributed by atoms with Crippen molar-refractivity contribution in [3.05, 3.63) is 65.9 Å². The number of pyridine rings is 1. The summed E-state index contributed by atoms with van der Waals surface area (Å²) in [5.41, 5.74) is 4.19. The Bertz CT molecular complexity index is 727. The van der Waals surface area contributed by atoms with Crippen LogP contribution < -0.4 is 11.3 Å². The van der Waals surface area contributed by atoms with E-state index in [1.165, 1.54) is 11.6 Å². The lowest BCUT2D eigenvalue weighted by Gasteiger charge is -2.12. The number of rotatable bonds is 5. The van der Waals surface area contributed by atoms with Crippen molar-refractivity contribution in [2.45, 2.75) is 18.9 Å². The minimum atomic E-state index is -0.358. The van der Waals surface area contributed by atoms with Crippen molar-refractivity contribution in [2.75, 3.05) is 0 Å². The Kier molecular flexibility index (Phi) is 3.94. The highest BCUT2D eigenvalue weighted by molar-refractivity contribution is 5.78. The minimum Gasteiger partial charge on any atom is -0.456 e. The molecule has 0 bridgehead atoms. The Balaban J connectivity index is 1.80. The average Bonchev–Trinajstić information content (AvgIpc) is 2.94. The lowest BCUT2D eigenvalue weighted by Crippen LogP contribution is -2.28. The predicted octanol–water partition coefficient (Wildman–Crippen LogP) is 3.10. The summed E-state index contributed by atoms with van der Waals surface area (Å²) in [7, 11) is 0. The van der Waals surface area contributed by atoms with Crippen molar-refractivity contribution < 1.29 is 8.81 Å². The van der Waals surface area contributed by atoms with E-state index < -0.39 is 0 Å². The maximum absolute atomic E-state index is 13.7. The van der Waals surface area contributed by atoms with Gasteiger partial charge in [0.2, 0.25) is 0 Å². The molecule has 0 fully saturated rings. The van der Waals surface area contributed by atoms with Crippen molar-refractivity contribution in [3.8, 4) is 0 Å². The number of benzene rings is 1. The van der Waals surface area contributed by atoms with Crippen LogP contribution in [-0.4, -0.2) is 4.98 Å². The molecule has 4 nitrogen and oxygen atoms in total. The molecule has 1 unspecified atom stereocenters. The van der Waals surface area contributed by atoms with E-state index in [0.717, 1.165) is 18.2 Å². The van der Waals surface area contributed by atoms with Gasteiger partial charge in [-0.1, -0.05) is 12.1 Å². The largest absolute Gasteiger partial charge is 0.456 e. The summed E-state index contributed by atoms with van der Waals surface area (Å²) < 4.78 is 19.3. The number of halogens is 1. The van der Waals surface area contributed by atoms with Crippen LogP contribution in [0.1, 0.15) is 23.8 Å². The number of hydrogen-bond acceptors (Lipinski definition) is 4. The summed E-state index contributed by atoms with van der Waals surface area (Å²) in [6, 6.07) is 10.5. The molecule has 0 amide bonds. The van der Waals surface area contributed by atoms with E-state index in [1.54, 1.807) is 18.5 Å². The highest BCUT2D eigenvalue weighted by Crippen LogP contribution is 2.27. The zero-order chi connectivity index (χ0) is 14.7. The fourth-order valence-electron chi connectivity index (χ4n) is 2.39. The maximum Gasteiger partial charge on any atom is 0.169 e. The van der Waals surface area contributed by atoms with Gasteiger partial charge in [-0.25, -0.2) is 9.82 Å². The number of aromatic nitrogens is 1. The summed E-state index contributed by atoms with van der Waals surface area (Å²) in [5, 5.41) is 0.745. The van der Waals surface area contributed by atoms with E-state index in [0.29, 0.717) is 5.76 Å². The summed E-state index contributed by atoms with van der Waals surface area (Å²) in [5.74, 6) is 5.90. The normalized spacial score (nSPS) is 12.7. The molecule has 3 aromatic rings. The molecule has 0 aliphatic rings. The number of para-hydroxylation sites is 1. The van der Waals surface area contributed by atoms with Gasteiger partial charge in [-0.05, 0) is 42.7 Å². The second-order valence-electron chi connectivity index (χ2n) is 4.92. The van der Waals surface area contributed by atoms with Crippen LogP contribution in [0.25, 0.3) is 11.0 Å². The van der Waals surface area contributed by atoms with Crippen LogP contribution in [0.15, 0.2) is 53.2 Å². The molecule has 2 heterocycles. The first kappa shape index (κ1) is 13.7. The van der Waals surface area contributed by atoms with Gasteiger partial charge in [-0.2, -0.15) is 0 Å². The summed E-state index contributed by atoms with van der Waals surface area (Å²) >= 11 is 0. The molecule has 3 N–H and O–H groups in total. The number of furan rings is 1. The van der Waals surface area contributed by atoms with Crippen molar-refractivity contribution in [2.24, 2.45) is 5.84 Å². The molecule has 21 heavy (non-hydrogen) atoms. The molecule has 108 valence electrons. The number of fused-ring (bicyclic) bond motifs is 1. The Hall–Kier alpha value is -2.24. The van der Waals surface area contributed by atoms with E-state index in [4.69, 9.17) is 10.3 Å². The van der Waals surface area contributed by atoms with Gasteiger partial charge in [0.15, 0.2) is 11.4 Å². The molecule has 0 saturated carbocycles. The van der Waals surface area contributed by atoms with Gasteiger partial charge in [-0.3, -0.25) is 10.8 Å². The van der Waals surface area contributed by atoms with E-state index in [-0.39, 0.29) is 17.4 Å². The Morgan fingerprint density at radius 2 is 2.05 bits per heavy atom. The zero-order valence-corrected chi connectivity index (χ0v) is 11.4. The molecular weight excluding hydrogens is 269 g/mol. The van der Waals surface area contributed by atoms with E-state index in [9.17, 15) is 4.39 Å². The summed E-state index contributed by atoms with van der Waals surface area (Å²) in [6.45, 7) is 0. The molecule has 0 saturated heterocycles. The van der Waals surface area contributed by atoms with Crippen molar-refractivity contribution in [1.29, 1.82) is 0 Å². The first-order valence-electron chi connectivity index (χ1n) is 6.81. The standard InChI is InChI=1S/C16H16FN3O/c17-13-3-1-2-12-10-15(21-16(12)13)14(20-18)5-4-11-6-8-19-9-7-11/h1-3,6-10,14,20H,4-5,18H2. The lowest BCUT2D eigenvalue weighted by molar-refractivity contribution is 0.411. The highest BCUT2D eigenvalue weighted by atomic mass is 19.1. The first-order chi connectivity index (χ1) is 10.3. The summed E-state index contributed by atoms with van der Waals surface area (Å²) in [4.78, 5) is 3.99. The van der Waals surface area contributed by atoms with Crippen LogP contribution in [0.4, 0.5) is 4.39 Å². The number of hydrazine groups is 1. The van der Waals surface area contributed by atoms with Gasteiger partial charge >= 0.3 is 0 Å². The van der Waals surface area contributed by atoms with Gasteiger partial charge in [0.1, 0.15) is 5.76 Å². The van der Waals surface area contributed by atoms with Crippen LogP contribution in [0.5, 0.6) is 0 Å². The first-order valence-corrected chi connectivity index (χ1v) is 6.81. The van der Waals surface area contributed by atoms with Crippen LogP contribution in [0.2, 0.25) is 0 Å². The van der Waals surface area contributed by atoms with Gasteiger partial charge in [0, 0.05) is 17.8 Å². The number of hydrogen-bond donors (Lipinski definition) is 2. The lowest BCUT2D eigenvalue weighted by atomic mass is 10.0. The second-order valence-corrected chi connectivity index (χ2v) is 4.92. The predicted molar refractivity (Wildman–Crippen MR) is 78.8 cm³/mol. The number of nitrogens with zero attached hydrogens (tertiary/aromatic N) is 1. The zero-order valence-electron chi connectivity index (χ0n) is 11.4. The number of nitrogens with one attached hydrogen (secondary N) is 1. The Morgan fingerprint density at radius 3 is 2.76 bits per heavy atom. The molecule has 0 aliphatic carbocycles. The van der Waals surface area contributed by atoms with Crippen LogP contribution in [0, 0.1) is 5.82 Å². The molecular formula is C16H16FN3O. The molecule has 0 radical (unpaired) electrons. The highest BCUT2D eigenvalue weighted by Gasteiger charge is 2.16. The van der Waals surface area contributed by atoms with Crippen LogP contribution in [-0.2, 0) is 6.42 Å². The number of nitrogens with two attached hydrogens (primary N) is 1. The third-order valence-corrected chi connectivity index (χ3v) is 3.53. The maximum atomic E-state index is 13.7. The molecule has 3 rings (SSSR count). The fraction of sp³-hybridized carbons (Fsp3) is 0.188. The van der Waals surface area contributed by atoms with E-state index in [2.05, 4.69) is 10.4 Å². The van der Waals surface area contributed by atoms with E-state index >= 15 is 0 Å². The quantitative estimate of drug-likeness (QED) is 0.558. The molecule has 1 aromatic carbocycles. The third-order valence-electron chi connectivity index (χ3n) is 3.53. The topological polar surface area (TPSA) is 64.1 Å². The molecule has 1 atom stereocenters. The molecule has 2 aromatic heterocycles. The summed E-state index contributed by atoms with van der Waals surface area (Å²) in [6.07, 6.45) is 5.10. The molecule has 0 aliphatic heterocycles. The Labute approximate surface area is 121 Å². The van der Waals surface area contributed by atoms with Crippen molar-refractivity contribution in [3.63, 3.8) is 0 Å². The van der Waals surface area contributed by atoms with E-state index in [1.807, 2.05) is 24.3 Å². The monoisotopic (exact) mass is 285 g/mol. The minimum absolute atomic E-state index is 0.162. The fourth-order valence-corrected chi connectivity index (χ4v) is 2.39. The second kappa shape index (κ2) is 6.03. The molecule has 0 spiro atoms. The smallest absolute Gasteiger partial charge is 0.169 e. The molecule has 5 heteroatoms. The van der Waals surface area contributed by atoms with Gasteiger partial charge < -0.3 is 4.42 Å². The number of aryl methyl sites for hydroxylation is 1. The van der Waals surface area contributed by atoms with Gasteiger partial charge in [0.05, 0.1) is 6.04 Å². The van der Waals surface area contributed by atoms with Crippen molar-refractivity contribution in [1.82, 2.24) is 10.4 Å². The van der Waals surface area contributed by atoms with Gasteiger partial charge in [-0.15, -0.1) is 0 Å². The van der Waals surface area contributed by atoms with Crippen LogP contribution >= 0.6 is 0 Å².